The minimum Gasteiger partial charge on any atom is -0.495 e. The number of aryl methyl sites for hydroxylation is 1. The summed E-state index contributed by atoms with van der Waals surface area (Å²) in [6, 6.07) is 22.7. The maximum atomic E-state index is 12.4. The number of methoxy groups -OCH3 is 1. The van der Waals surface area contributed by atoms with Crippen LogP contribution in [0.3, 0.4) is 0 Å². The average Bonchev–Trinajstić information content (AvgIpc) is 3.29. The molecule has 1 amide bonds. The second kappa shape index (κ2) is 10.0. The number of nitrogens with zero attached hydrogens (tertiary/aromatic N) is 3. The molecule has 4 aromatic rings. The van der Waals surface area contributed by atoms with Crippen LogP contribution in [0.1, 0.15) is 5.56 Å². The van der Waals surface area contributed by atoms with E-state index in [0.29, 0.717) is 22.3 Å². The molecule has 3 aromatic carbocycles. The van der Waals surface area contributed by atoms with E-state index in [1.165, 1.54) is 17.3 Å². The predicted molar refractivity (Wildman–Crippen MR) is 125 cm³/mol. The van der Waals surface area contributed by atoms with Crippen LogP contribution in [0.2, 0.25) is 0 Å². The maximum Gasteiger partial charge on any atom is 0.234 e. The predicted octanol–water partition coefficient (Wildman–Crippen LogP) is 5.11. The Kier molecular flexibility index (Phi) is 6.72. The highest BCUT2D eigenvalue weighted by Gasteiger charge is 2.13. The molecule has 1 N–H and O–H groups in total. The van der Waals surface area contributed by atoms with Crippen molar-refractivity contribution in [2.24, 2.45) is 0 Å². The van der Waals surface area contributed by atoms with Crippen molar-refractivity contribution in [2.75, 3.05) is 18.2 Å². The van der Waals surface area contributed by atoms with Gasteiger partial charge in [0.05, 0.1) is 18.6 Å². The summed E-state index contributed by atoms with van der Waals surface area (Å²) in [6.45, 7) is 2.03. The highest BCUT2D eigenvalue weighted by Crippen LogP contribution is 2.27. The topological polar surface area (TPSA) is 78.3 Å². The second-order valence-corrected chi connectivity index (χ2v) is 7.87. The molecule has 0 atom stereocenters. The number of aromatic nitrogens is 3. The number of carbonyl (C=O) groups excluding carboxylic acids is 1. The van der Waals surface area contributed by atoms with Crippen molar-refractivity contribution in [1.29, 1.82) is 0 Å². The number of nitrogens with one attached hydrogen (secondary N) is 1. The Morgan fingerprint density at radius 2 is 1.69 bits per heavy atom. The third kappa shape index (κ3) is 5.28. The van der Waals surface area contributed by atoms with Gasteiger partial charge >= 0.3 is 0 Å². The summed E-state index contributed by atoms with van der Waals surface area (Å²) >= 11 is 1.30. The summed E-state index contributed by atoms with van der Waals surface area (Å²) in [5, 5.41) is 11.6. The zero-order valence-corrected chi connectivity index (χ0v) is 18.5. The second-order valence-electron chi connectivity index (χ2n) is 6.93. The molecule has 162 valence electrons. The van der Waals surface area contributed by atoms with Gasteiger partial charge in [-0.1, -0.05) is 41.6 Å². The minimum atomic E-state index is -0.142. The van der Waals surface area contributed by atoms with Gasteiger partial charge in [-0.15, -0.1) is 10.2 Å². The molecule has 0 saturated heterocycles. The van der Waals surface area contributed by atoms with Gasteiger partial charge in [0.15, 0.2) is 5.16 Å². The average molecular weight is 447 g/mol. The van der Waals surface area contributed by atoms with Gasteiger partial charge in [0.2, 0.25) is 5.91 Å². The molecule has 0 aliphatic heterocycles. The highest BCUT2D eigenvalue weighted by atomic mass is 32.2. The molecule has 1 aromatic heterocycles. The van der Waals surface area contributed by atoms with Crippen LogP contribution in [0.25, 0.3) is 5.69 Å². The summed E-state index contributed by atoms with van der Waals surface area (Å²) in [5.74, 6) is 2.22. The van der Waals surface area contributed by atoms with Gasteiger partial charge in [-0.25, -0.2) is 0 Å². The molecule has 7 nitrogen and oxygen atoms in total. The number of ether oxygens (including phenoxy) is 2. The lowest BCUT2D eigenvalue weighted by Crippen LogP contribution is -2.14. The number of benzene rings is 3. The molecule has 0 saturated carbocycles. The summed E-state index contributed by atoms with van der Waals surface area (Å²) in [4.78, 5) is 12.4. The van der Waals surface area contributed by atoms with Crippen LogP contribution in [0.15, 0.2) is 84.3 Å². The van der Waals surface area contributed by atoms with Crippen LogP contribution in [0, 0.1) is 6.92 Å². The Bertz CT molecular complexity index is 1190. The quantitative estimate of drug-likeness (QED) is 0.379. The third-order valence-corrected chi connectivity index (χ3v) is 5.53. The summed E-state index contributed by atoms with van der Waals surface area (Å²) in [5.41, 5.74) is 2.68. The van der Waals surface area contributed by atoms with E-state index in [1.807, 2.05) is 79.7 Å². The maximum absolute atomic E-state index is 12.4. The molecule has 4 rings (SSSR count). The van der Waals surface area contributed by atoms with Crippen LogP contribution >= 0.6 is 11.8 Å². The lowest BCUT2D eigenvalue weighted by molar-refractivity contribution is -0.113. The standard InChI is InChI=1S/C24H22N4O3S/c1-17-7-11-19(12-8-17)31-20-13-9-18(10-14-20)26-23(29)15-32-24-27-25-16-28(24)21-5-3-4-6-22(21)30-2/h3-14,16H,15H2,1-2H3,(H,26,29). The Morgan fingerprint density at radius 1 is 1.00 bits per heavy atom. The Hall–Kier alpha value is -3.78. The first kappa shape index (κ1) is 21.5. The molecule has 0 bridgehead atoms. The van der Waals surface area contributed by atoms with Crippen LogP contribution in [-0.2, 0) is 4.79 Å². The Morgan fingerprint density at radius 3 is 2.41 bits per heavy atom. The molecule has 0 aliphatic rings. The fourth-order valence-electron chi connectivity index (χ4n) is 2.99. The number of rotatable bonds is 8. The first-order valence-electron chi connectivity index (χ1n) is 9.93. The first-order chi connectivity index (χ1) is 15.6. The molecule has 1 heterocycles. The minimum absolute atomic E-state index is 0.142. The van der Waals surface area contributed by atoms with Crippen molar-refractivity contribution in [3.05, 3.63) is 84.7 Å². The van der Waals surface area contributed by atoms with Gasteiger partial charge < -0.3 is 14.8 Å². The van der Waals surface area contributed by atoms with Crippen LogP contribution in [-0.4, -0.2) is 33.5 Å². The van der Waals surface area contributed by atoms with Gasteiger partial charge in [0.1, 0.15) is 23.6 Å². The number of carbonyl (C=O) groups is 1. The third-order valence-electron chi connectivity index (χ3n) is 4.59. The normalized spacial score (nSPS) is 10.6. The molecule has 0 unspecified atom stereocenters. The summed E-state index contributed by atoms with van der Waals surface area (Å²) in [6.07, 6.45) is 1.60. The van der Waals surface area contributed by atoms with E-state index in [2.05, 4.69) is 15.5 Å². The van der Waals surface area contributed by atoms with E-state index in [0.717, 1.165) is 11.4 Å². The summed E-state index contributed by atoms with van der Waals surface area (Å²) in [7, 11) is 1.61. The van der Waals surface area contributed by atoms with E-state index < -0.39 is 0 Å². The Balaban J connectivity index is 1.34. The number of para-hydroxylation sites is 2. The monoisotopic (exact) mass is 446 g/mol. The van der Waals surface area contributed by atoms with Crippen LogP contribution < -0.4 is 14.8 Å². The Labute approximate surface area is 190 Å². The van der Waals surface area contributed by atoms with Crippen molar-refractivity contribution in [1.82, 2.24) is 14.8 Å². The first-order valence-corrected chi connectivity index (χ1v) is 10.9. The molecular weight excluding hydrogens is 424 g/mol. The van der Waals surface area contributed by atoms with Crippen LogP contribution in [0.5, 0.6) is 17.2 Å². The smallest absolute Gasteiger partial charge is 0.234 e. The van der Waals surface area contributed by atoms with Gasteiger partial charge in [-0.2, -0.15) is 0 Å². The highest BCUT2D eigenvalue weighted by molar-refractivity contribution is 7.99. The lowest BCUT2D eigenvalue weighted by atomic mass is 10.2. The van der Waals surface area contributed by atoms with E-state index >= 15 is 0 Å². The molecule has 32 heavy (non-hydrogen) atoms. The molecule has 0 radical (unpaired) electrons. The molecule has 8 heteroatoms. The van der Waals surface area contributed by atoms with Crippen LogP contribution in [0.4, 0.5) is 5.69 Å². The van der Waals surface area contributed by atoms with Gasteiger partial charge in [0, 0.05) is 5.69 Å². The number of amides is 1. The van der Waals surface area contributed by atoms with Gasteiger partial charge in [-0.3, -0.25) is 9.36 Å². The SMILES string of the molecule is COc1ccccc1-n1cnnc1SCC(=O)Nc1ccc(Oc2ccc(C)cc2)cc1. The van der Waals surface area contributed by atoms with E-state index in [-0.39, 0.29) is 11.7 Å². The fraction of sp³-hybridized carbons (Fsp3) is 0.125. The van der Waals surface area contributed by atoms with Crippen molar-refractivity contribution in [3.8, 4) is 22.9 Å². The summed E-state index contributed by atoms with van der Waals surface area (Å²) < 4.78 is 13.0. The molecule has 0 fully saturated rings. The molecular formula is C24H22N4O3S. The number of thioether (sulfide) groups is 1. The number of hydrogen-bond acceptors (Lipinski definition) is 6. The van der Waals surface area contributed by atoms with Crippen molar-refractivity contribution < 1.29 is 14.3 Å². The fourth-order valence-corrected chi connectivity index (χ4v) is 3.71. The van der Waals surface area contributed by atoms with Gasteiger partial charge in [0.25, 0.3) is 0 Å². The van der Waals surface area contributed by atoms with E-state index in [1.54, 1.807) is 18.0 Å². The van der Waals surface area contributed by atoms with Crippen molar-refractivity contribution in [3.63, 3.8) is 0 Å². The number of anilines is 1. The van der Waals surface area contributed by atoms with Gasteiger partial charge in [-0.05, 0) is 55.5 Å². The largest absolute Gasteiger partial charge is 0.495 e. The van der Waals surface area contributed by atoms with Crippen molar-refractivity contribution in [2.45, 2.75) is 12.1 Å². The van der Waals surface area contributed by atoms with E-state index in [9.17, 15) is 4.79 Å². The van der Waals surface area contributed by atoms with E-state index in [4.69, 9.17) is 9.47 Å². The molecule has 0 spiro atoms. The van der Waals surface area contributed by atoms with Crippen molar-refractivity contribution >= 4 is 23.4 Å². The zero-order valence-electron chi connectivity index (χ0n) is 17.7. The zero-order chi connectivity index (χ0) is 22.3. The lowest BCUT2D eigenvalue weighted by Gasteiger charge is -2.11. The molecule has 0 aliphatic carbocycles. The number of hydrogen-bond donors (Lipinski definition) is 1.